The van der Waals surface area contributed by atoms with Crippen LogP contribution < -0.4 is 16.6 Å². The van der Waals surface area contributed by atoms with Gasteiger partial charge in [0, 0.05) is 11.8 Å². The average molecular weight is 152 g/mol. The van der Waals surface area contributed by atoms with Crippen molar-refractivity contribution in [3.8, 4) is 5.75 Å². The number of ether oxygens (including phenoxy) is 1. The van der Waals surface area contributed by atoms with E-state index in [-0.39, 0.29) is 6.15 Å². The van der Waals surface area contributed by atoms with Gasteiger partial charge in [-0.05, 0) is 12.1 Å². The van der Waals surface area contributed by atoms with Crippen molar-refractivity contribution in [1.82, 2.24) is 6.15 Å². The molecule has 0 fully saturated rings. The maximum Gasteiger partial charge on any atom is 0.128 e. The zero-order chi connectivity index (χ0) is 7.40. The molecule has 0 aliphatic carbocycles. The standard InChI is InChI=1S/C8H9NO.H3N/c1-2-10-8-5-3-4-7(9)6-8;/h2-6H,1,9H2;1H3. The fourth-order valence-corrected chi connectivity index (χ4v) is 0.684. The number of hydrogen-bond donors (Lipinski definition) is 2. The maximum absolute atomic E-state index is 5.47. The lowest BCUT2D eigenvalue weighted by Crippen LogP contribution is -1.85. The van der Waals surface area contributed by atoms with Gasteiger partial charge in [-0.2, -0.15) is 0 Å². The van der Waals surface area contributed by atoms with Crippen LogP contribution in [0.1, 0.15) is 0 Å². The lowest BCUT2D eigenvalue weighted by molar-refractivity contribution is 0.484. The molecule has 3 heteroatoms. The monoisotopic (exact) mass is 152 g/mol. The highest BCUT2D eigenvalue weighted by Gasteiger charge is 1.88. The van der Waals surface area contributed by atoms with Crippen LogP contribution in [0, 0.1) is 0 Å². The van der Waals surface area contributed by atoms with Crippen LogP contribution in [-0.4, -0.2) is 0 Å². The quantitative estimate of drug-likeness (QED) is 0.502. The topological polar surface area (TPSA) is 70.2 Å². The summed E-state index contributed by atoms with van der Waals surface area (Å²) in [7, 11) is 0. The first-order valence-corrected chi connectivity index (χ1v) is 2.96. The molecule has 0 aliphatic heterocycles. The molecule has 0 aliphatic rings. The Morgan fingerprint density at radius 1 is 1.45 bits per heavy atom. The number of hydrogen-bond acceptors (Lipinski definition) is 3. The molecule has 0 aromatic heterocycles. The molecule has 11 heavy (non-hydrogen) atoms. The Morgan fingerprint density at radius 3 is 2.73 bits per heavy atom. The molecule has 1 aromatic rings. The highest BCUT2D eigenvalue weighted by molar-refractivity contribution is 5.43. The van der Waals surface area contributed by atoms with E-state index in [0.717, 1.165) is 5.75 Å². The smallest absolute Gasteiger partial charge is 0.128 e. The highest BCUT2D eigenvalue weighted by Crippen LogP contribution is 2.13. The lowest BCUT2D eigenvalue weighted by atomic mass is 10.3. The second kappa shape index (κ2) is 4.35. The van der Waals surface area contributed by atoms with Crippen molar-refractivity contribution in [1.29, 1.82) is 0 Å². The van der Waals surface area contributed by atoms with E-state index in [1.54, 1.807) is 12.1 Å². The van der Waals surface area contributed by atoms with E-state index in [0.29, 0.717) is 5.69 Å². The van der Waals surface area contributed by atoms with E-state index in [4.69, 9.17) is 10.5 Å². The van der Waals surface area contributed by atoms with Gasteiger partial charge in [-0.15, -0.1) is 0 Å². The Kier molecular flexibility index (Phi) is 3.77. The number of nitrogens with two attached hydrogens (primary N) is 1. The minimum Gasteiger partial charge on any atom is -0.466 e. The van der Waals surface area contributed by atoms with Crippen molar-refractivity contribution in [2.45, 2.75) is 0 Å². The zero-order valence-corrected chi connectivity index (χ0v) is 6.29. The first kappa shape index (κ1) is 9.52. The molecule has 0 heterocycles. The Labute approximate surface area is 66.1 Å². The molecule has 5 N–H and O–H groups in total. The van der Waals surface area contributed by atoms with Crippen molar-refractivity contribution in [2.24, 2.45) is 0 Å². The van der Waals surface area contributed by atoms with Gasteiger partial charge in [0.1, 0.15) is 5.75 Å². The van der Waals surface area contributed by atoms with Crippen LogP contribution >= 0.6 is 0 Å². The minimum absolute atomic E-state index is 0. The lowest BCUT2D eigenvalue weighted by Gasteiger charge is -1.98. The maximum atomic E-state index is 5.47. The molecule has 1 rings (SSSR count). The van der Waals surface area contributed by atoms with Crippen molar-refractivity contribution < 1.29 is 4.74 Å². The van der Waals surface area contributed by atoms with Crippen molar-refractivity contribution in [2.75, 3.05) is 5.73 Å². The number of benzene rings is 1. The van der Waals surface area contributed by atoms with Crippen LogP contribution in [0.15, 0.2) is 37.1 Å². The zero-order valence-electron chi connectivity index (χ0n) is 6.29. The molecule has 1 aromatic carbocycles. The third-order valence-electron chi connectivity index (χ3n) is 1.08. The SMILES string of the molecule is C=COc1cccc(N)c1.N. The van der Waals surface area contributed by atoms with Crippen molar-refractivity contribution in [3.63, 3.8) is 0 Å². The normalized spacial score (nSPS) is 8.00. The van der Waals surface area contributed by atoms with E-state index in [1.165, 1.54) is 6.26 Å². The first-order valence-electron chi connectivity index (χ1n) is 2.96. The van der Waals surface area contributed by atoms with E-state index in [1.807, 2.05) is 12.1 Å². The van der Waals surface area contributed by atoms with Crippen LogP contribution in [0.2, 0.25) is 0 Å². The molecule has 0 amide bonds. The predicted molar refractivity (Wildman–Crippen MR) is 46.7 cm³/mol. The molecule has 3 nitrogen and oxygen atoms in total. The second-order valence-corrected chi connectivity index (χ2v) is 1.86. The largest absolute Gasteiger partial charge is 0.466 e. The Balaban J connectivity index is 0.000001000. The number of rotatable bonds is 2. The number of anilines is 1. The Hall–Kier alpha value is -1.48. The molecular formula is C8H12N2O. The fourth-order valence-electron chi connectivity index (χ4n) is 0.684. The van der Waals surface area contributed by atoms with Gasteiger partial charge in [0.05, 0.1) is 6.26 Å². The molecular weight excluding hydrogens is 140 g/mol. The summed E-state index contributed by atoms with van der Waals surface area (Å²) in [6.07, 6.45) is 1.37. The van der Waals surface area contributed by atoms with Gasteiger partial charge < -0.3 is 16.6 Å². The van der Waals surface area contributed by atoms with E-state index >= 15 is 0 Å². The fraction of sp³-hybridized carbons (Fsp3) is 0. The van der Waals surface area contributed by atoms with Gasteiger partial charge in [0.25, 0.3) is 0 Å². The van der Waals surface area contributed by atoms with Crippen molar-refractivity contribution >= 4 is 5.69 Å². The minimum atomic E-state index is 0. The molecule has 0 saturated carbocycles. The Morgan fingerprint density at radius 2 is 2.18 bits per heavy atom. The van der Waals surface area contributed by atoms with Crippen molar-refractivity contribution in [3.05, 3.63) is 37.1 Å². The molecule has 0 radical (unpaired) electrons. The highest BCUT2D eigenvalue weighted by atomic mass is 16.5. The Bertz CT molecular complexity index is 235. The third-order valence-corrected chi connectivity index (χ3v) is 1.08. The van der Waals surface area contributed by atoms with Gasteiger partial charge in [0.2, 0.25) is 0 Å². The predicted octanol–water partition coefficient (Wildman–Crippen LogP) is 1.95. The molecule has 0 atom stereocenters. The first-order chi connectivity index (χ1) is 4.83. The van der Waals surface area contributed by atoms with E-state index in [9.17, 15) is 0 Å². The van der Waals surface area contributed by atoms with Gasteiger partial charge in [0.15, 0.2) is 0 Å². The van der Waals surface area contributed by atoms with Crippen LogP contribution in [0.5, 0.6) is 5.75 Å². The molecule has 0 spiro atoms. The summed E-state index contributed by atoms with van der Waals surface area (Å²) in [5, 5.41) is 0. The summed E-state index contributed by atoms with van der Waals surface area (Å²) in [4.78, 5) is 0. The third kappa shape index (κ3) is 2.73. The molecule has 60 valence electrons. The summed E-state index contributed by atoms with van der Waals surface area (Å²) in [6, 6.07) is 7.18. The summed E-state index contributed by atoms with van der Waals surface area (Å²) >= 11 is 0. The van der Waals surface area contributed by atoms with Gasteiger partial charge in [-0.3, -0.25) is 0 Å². The van der Waals surface area contributed by atoms with E-state index < -0.39 is 0 Å². The van der Waals surface area contributed by atoms with Gasteiger partial charge in [-0.1, -0.05) is 12.6 Å². The van der Waals surface area contributed by atoms with Gasteiger partial charge >= 0.3 is 0 Å². The van der Waals surface area contributed by atoms with Gasteiger partial charge in [-0.25, -0.2) is 0 Å². The van der Waals surface area contributed by atoms with Crippen LogP contribution in [0.25, 0.3) is 0 Å². The molecule has 0 bridgehead atoms. The van der Waals surface area contributed by atoms with Crippen LogP contribution in [0.4, 0.5) is 5.69 Å². The average Bonchev–Trinajstić information content (AvgIpc) is 1.88. The van der Waals surface area contributed by atoms with Crippen LogP contribution in [-0.2, 0) is 0 Å². The van der Waals surface area contributed by atoms with E-state index in [2.05, 4.69) is 6.58 Å². The molecule has 0 saturated heterocycles. The number of nitrogen functional groups attached to an aromatic ring is 1. The second-order valence-electron chi connectivity index (χ2n) is 1.86. The summed E-state index contributed by atoms with van der Waals surface area (Å²) in [5.74, 6) is 0.718. The van der Waals surface area contributed by atoms with Crippen LogP contribution in [0.3, 0.4) is 0 Å². The summed E-state index contributed by atoms with van der Waals surface area (Å²) in [5.41, 5.74) is 6.17. The molecule has 0 unspecified atom stereocenters. The summed E-state index contributed by atoms with van der Waals surface area (Å²) < 4.78 is 4.97. The summed E-state index contributed by atoms with van der Waals surface area (Å²) in [6.45, 7) is 3.42.